The first-order chi connectivity index (χ1) is 8.68. The third-order valence-electron chi connectivity index (χ3n) is 2.42. The molecule has 1 aliphatic rings. The van der Waals surface area contributed by atoms with E-state index in [-0.39, 0.29) is 30.7 Å². The fourth-order valence-electron chi connectivity index (χ4n) is 1.59. The molecule has 0 aromatic heterocycles. The second kappa shape index (κ2) is 4.43. The van der Waals surface area contributed by atoms with Crippen molar-refractivity contribution < 1.29 is 31.1 Å². The molecule has 0 spiro atoms. The molecular formula is C11H7F6NO. The van der Waals surface area contributed by atoms with E-state index in [1.54, 1.807) is 0 Å². The number of aliphatic imine (C=N–C) groups is 1. The Balaban J connectivity index is 2.55. The SMILES string of the molecule is FC(F)(F)c1cc(C2=NCCO2)cc(C(F)(F)F)c1. The summed E-state index contributed by atoms with van der Waals surface area (Å²) in [7, 11) is 0. The van der Waals surface area contributed by atoms with Gasteiger partial charge in [0.25, 0.3) is 0 Å². The highest BCUT2D eigenvalue weighted by Crippen LogP contribution is 2.36. The van der Waals surface area contributed by atoms with Crippen LogP contribution in [0.3, 0.4) is 0 Å². The average Bonchev–Trinajstić information content (AvgIpc) is 2.79. The number of halogens is 6. The van der Waals surface area contributed by atoms with E-state index in [4.69, 9.17) is 4.74 Å². The van der Waals surface area contributed by atoms with Crippen molar-refractivity contribution in [3.8, 4) is 0 Å². The van der Waals surface area contributed by atoms with Gasteiger partial charge in [0.05, 0.1) is 17.7 Å². The van der Waals surface area contributed by atoms with Crippen LogP contribution in [0.4, 0.5) is 26.3 Å². The van der Waals surface area contributed by atoms with Crippen LogP contribution >= 0.6 is 0 Å². The van der Waals surface area contributed by atoms with Crippen molar-refractivity contribution >= 4 is 5.90 Å². The first kappa shape index (κ1) is 13.7. The van der Waals surface area contributed by atoms with Gasteiger partial charge in [-0.05, 0) is 18.2 Å². The average molecular weight is 283 g/mol. The second-order valence-electron chi connectivity index (χ2n) is 3.83. The molecule has 1 aromatic carbocycles. The lowest BCUT2D eigenvalue weighted by atomic mass is 10.0. The minimum absolute atomic E-state index is 0.0685. The minimum atomic E-state index is -4.87. The van der Waals surface area contributed by atoms with Gasteiger partial charge >= 0.3 is 12.4 Å². The van der Waals surface area contributed by atoms with E-state index >= 15 is 0 Å². The van der Waals surface area contributed by atoms with E-state index in [2.05, 4.69) is 4.99 Å². The van der Waals surface area contributed by atoms with E-state index in [0.29, 0.717) is 12.1 Å². The van der Waals surface area contributed by atoms with Gasteiger partial charge in [-0.25, -0.2) is 4.99 Å². The molecule has 0 aliphatic carbocycles. The molecule has 0 bridgehead atoms. The third kappa shape index (κ3) is 2.99. The Morgan fingerprint density at radius 1 is 0.895 bits per heavy atom. The summed E-state index contributed by atoms with van der Waals surface area (Å²) in [5, 5.41) is 0. The lowest BCUT2D eigenvalue weighted by Crippen LogP contribution is -2.13. The maximum absolute atomic E-state index is 12.6. The number of nitrogens with zero attached hydrogens (tertiary/aromatic N) is 1. The highest BCUT2D eigenvalue weighted by molar-refractivity contribution is 5.95. The summed E-state index contributed by atoms with van der Waals surface area (Å²) >= 11 is 0. The molecule has 2 nitrogen and oxygen atoms in total. The molecule has 1 aliphatic heterocycles. The fourth-order valence-corrected chi connectivity index (χ4v) is 1.59. The molecule has 19 heavy (non-hydrogen) atoms. The van der Waals surface area contributed by atoms with Gasteiger partial charge in [-0.2, -0.15) is 26.3 Å². The topological polar surface area (TPSA) is 21.6 Å². The maximum Gasteiger partial charge on any atom is 0.416 e. The van der Waals surface area contributed by atoms with Gasteiger partial charge in [-0.3, -0.25) is 0 Å². The van der Waals surface area contributed by atoms with E-state index in [1.165, 1.54) is 0 Å². The van der Waals surface area contributed by atoms with Crippen LogP contribution in [-0.4, -0.2) is 19.0 Å². The number of hydrogen-bond acceptors (Lipinski definition) is 2. The maximum atomic E-state index is 12.6. The Bertz CT molecular complexity index is 485. The summed E-state index contributed by atoms with van der Waals surface area (Å²) in [5.74, 6) is -0.198. The molecule has 0 saturated carbocycles. The van der Waals surface area contributed by atoms with Gasteiger partial charge < -0.3 is 4.74 Å². The van der Waals surface area contributed by atoms with Gasteiger partial charge in [-0.1, -0.05) is 0 Å². The van der Waals surface area contributed by atoms with Crippen LogP contribution in [0.25, 0.3) is 0 Å². The Morgan fingerprint density at radius 2 is 1.42 bits per heavy atom. The smallest absolute Gasteiger partial charge is 0.416 e. The van der Waals surface area contributed by atoms with Crippen LogP contribution in [-0.2, 0) is 17.1 Å². The molecule has 0 saturated heterocycles. The predicted molar refractivity (Wildman–Crippen MR) is 53.8 cm³/mol. The quantitative estimate of drug-likeness (QED) is 0.723. The van der Waals surface area contributed by atoms with Crippen LogP contribution in [0.2, 0.25) is 0 Å². The predicted octanol–water partition coefficient (Wildman–Crippen LogP) is 3.50. The molecule has 8 heteroatoms. The molecule has 0 N–H and O–H groups in total. The van der Waals surface area contributed by atoms with Gasteiger partial charge in [0, 0.05) is 5.56 Å². The van der Waals surface area contributed by atoms with Crippen LogP contribution in [0.5, 0.6) is 0 Å². The number of benzene rings is 1. The number of rotatable bonds is 1. The first-order valence-electron chi connectivity index (χ1n) is 5.15. The van der Waals surface area contributed by atoms with E-state index < -0.39 is 23.5 Å². The van der Waals surface area contributed by atoms with Crippen molar-refractivity contribution in [2.24, 2.45) is 4.99 Å². The number of ether oxygens (including phenoxy) is 1. The molecule has 2 rings (SSSR count). The van der Waals surface area contributed by atoms with Crippen LogP contribution in [0.1, 0.15) is 16.7 Å². The van der Waals surface area contributed by atoms with Crippen molar-refractivity contribution in [2.45, 2.75) is 12.4 Å². The summed E-state index contributed by atoms with van der Waals surface area (Å²) in [5.41, 5.74) is -3.08. The Kier molecular flexibility index (Phi) is 3.19. The van der Waals surface area contributed by atoms with Crippen LogP contribution < -0.4 is 0 Å². The van der Waals surface area contributed by atoms with Crippen LogP contribution in [0, 0.1) is 0 Å². The van der Waals surface area contributed by atoms with Gasteiger partial charge in [-0.15, -0.1) is 0 Å². The van der Waals surface area contributed by atoms with Crippen molar-refractivity contribution in [3.63, 3.8) is 0 Å². The fraction of sp³-hybridized carbons (Fsp3) is 0.364. The van der Waals surface area contributed by atoms with Crippen LogP contribution in [0.15, 0.2) is 23.2 Å². The van der Waals surface area contributed by atoms with Gasteiger partial charge in [0.1, 0.15) is 6.61 Å². The normalized spacial score (nSPS) is 16.2. The zero-order valence-corrected chi connectivity index (χ0v) is 9.27. The second-order valence-corrected chi connectivity index (χ2v) is 3.83. The highest BCUT2D eigenvalue weighted by atomic mass is 19.4. The molecule has 1 heterocycles. The van der Waals surface area contributed by atoms with Crippen molar-refractivity contribution in [3.05, 3.63) is 34.9 Å². The zero-order valence-electron chi connectivity index (χ0n) is 9.27. The molecular weight excluding hydrogens is 276 g/mol. The molecule has 1 aromatic rings. The molecule has 0 fully saturated rings. The third-order valence-corrected chi connectivity index (χ3v) is 2.42. The summed E-state index contributed by atoms with van der Waals surface area (Å²) in [6.45, 7) is 0.361. The minimum Gasteiger partial charge on any atom is -0.476 e. The lowest BCUT2D eigenvalue weighted by Gasteiger charge is -2.13. The van der Waals surface area contributed by atoms with Gasteiger partial charge in [0.2, 0.25) is 5.90 Å². The first-order valence-corrected chi connectivity index (χ1v) is 5.15. The van der Waals surface area contributed by atoms with E-state index in [0.717, 1.165) is 0 Å². The zero-order chi connectivity index (χ0) is 14.3. The Morgan fingerprint density at radius 3 is 1.79 bits per heavy atom. The lowest BCUT2D eigenvalue weighted by molar-refractivity contribution is -0.143. The van der Waals surface area contributed by atoms with Crippen molar-refractivity contribution in [1.82, 2.24) is 0 Å². The molecule has 0 radical (unpaired) electrons. The standard InChI is InChI=1S/C11H7F6NO/c12-10(13,14)7-3-6(9-18-1-2-19-9)4-8(5-7)11(15,16)17/h3-5H,1-2H2. The van der Waals surface area contributed by atoms with E-state index in [1.807, 2.05) is 0 Å². The molecule has 0 amide bonds. The summed E-state index contributed by atoms with van der Waals surface area (Å²) < 4.78 is 80.3. The number of alkyl halides is 6. The van der Waals surface area contributed by atoms with E-state index in [9.17, 15) is 26.3 Å². The summed E-state index contributed by atoms with van der Waals surface area (Å²) in [6.07, 6.45) is -9.73. The largest absolute Gasteiger partial charge is 0.476 e. The number of hydrogen-bond donors (Lipinski definition) is 0. The Hall–Kier alpha value is -1.73. The summed E-state index contributed by atoms with van der Waals surface area (Å²) in [4.78, 5) is 3.71. The monoisotopic (exact) mass is 283 g/mol. The highest BCUT2D eigenvalue weighted by Gasteiger charge is 2.37. The van der Waals surface area contributed by atoms with Crippen molar-refractivity contribution in [1.29, 1.82) is 0 Å². The Labute approximate surface area is 103 Å². The molecule has 104 valence electrons. The molecule has 0 unspecified atom stereocenters. The summed E-state index contributed by atoms with van der Waals surface area (Å²) in [6, 6.07) is 1.26. The van der Waals surface area contributed by atoms with Crippen molar-refractivity contribution in [2.75, 3.05) is 13.2 Å². The molecule has 0 atom stereocenters. The van der Waals surface area contributed by atoms with Gasteiger partial charge in [0.15, 0.2) is 0 Å².